The average Bonchev–Trinajstić information content (AvgIpc) is 2.99. The van der Waals surface area contributed by atoms with Crippen molar-refractivity contribution in [3.63, 3.8) is 0 Å². The minimum atomic E-state index is -1.91. The van der Waals surface area contributed by atoms with Gasteiger partial charge in [0.25, 0.3) is 0 Å². The predicted molar refractivity (Wildman–Crippen MR) is 109 cm³/mol. The van der Waals surface area contributed by atoms with E-state index in [0.29, 0.717) is 19.4 Å². The molecule has 1 aromatic rings. The van der Waals surface area contributed by atoms with Crippen molar-refractivity contribution in [2.24, 2.45) is 0 Å². The molecule has 150 valence electrons. The number of likely N-dealkylation sites (tertiary alicyclic amines) is 1. The summed E-state index contributed by atoms with van der Waals surface area (Å²) in [5, 5.41) is 0.118. The third-order valence-electron chi connectivity index (χ3n) is 5.70. The van der Waals surface area contributed by atoms with E-state index in [-0.39, 0.29) is 29.9 Å². The fourth-order valence-corrected chi connectivity index (χ4v) is 4.47. The van der Waals surface area contributed by atoms with Crippen LogP contribution >= 0.6 is 0 Å². The van der Waals surface area contributed by atoms with Gasteiger partial charge in [0, 0.05) is 19.0 Å². The molecular weight excluding hydrogens is 358 g/mol. The van der Waals surface area contributed by atoms with Gasteiger partial charge in [-0.1, -0.05) is 51.1 Å². The Balaban J connectivity index is 2.01. The molecule has 6 heteroatoms. The Kier molecular flexibility index (Phi) is 7.23. The van der Waals surface area contributed by atoms with Gasteiger partial charge in [-0.25, -0.2) is 4.79 Å². The van der Waals surface area contributed by atoms with Crippen molar-refractivity contribution >= 4 is 20.7 Å². The Bertz CT molecular complexity index is 627. The molecule has 1 saturated heterocycles. The Hall–Kier alpha value is -1.66. The number of aldehydes is 1. The summed E-state index contributed by atoms with van der Waals surface area (Å²) in [6.07, 6.45) is 2.46. The number of amides is 1. The monoisotopic (exact) mass is 391 g/mol. The van der Waals surface area contributed by atoms with Gasteiger partial charge in [-0.3, -0.25) is 0 Å². The molecule has 1 aliphatic heterocycles. The summed E-state index contributed by atoms with van der Waals surface area (Å²) in [6.45, 7) is 11.9. The van der Waals surface area contributed by atoms with Crippen LogP contribution in [-0.2, 0) is 20.6 Å². The van der Waals surface area contributed by atoms with Crippen LogP contribution in [0.15, 0.2) is 30.3 Å². The number of carbonyl (C=O) groups is 2. The standard InChI is InChI=1S/C21H33NO4Si/c1-21(2,3)27(4,5)26-19-14-18(12-9-13-23)22(15-19)20(24)25-16-17-10-7-6-8-11-17/h6-8,10-11,13,18-19H,9,12,14-16H2,1-5H3/t18-,19-/m1/s1. The molecule has 0 saturated carbocycles. The zero-order valence-corrected chi connectivity index (χ0v) is 18.2. The van der Waals surface area contributed by atoms with E-state index in [1.54, 1.807) is 4.90 Å². The Morgan fingerprint density at radius 2 is 1.93 bits per heavy atom. The first-order valence-corrected chi connectivity index (χ1v) is 12.6. The van der Waals surface area contributed by atoms with E-state index >= 15 is 0 Å². The summed E-state index contributed by atoms with van der Waals surface area (Å²) in [7, 11) is -1.91. The minimum absolute atomic E-state index is 0.00626. The molecule has 0 bridgehead atoms. The molecule has 0 aromatic heterocycles. The van der Waals surface area contributed by atoms with Crippen LogP contribution in [0.2, 0.25) is 18.1 Å². The molecule has 1 aromatic carbocycles. The molecule has 1 fully saturated rings. The van der Waals surface area contributed by atoms with Crippen molar-refractivity contribution in [1.29, 1.82) is 0 Å². The molecule has 2 rings (SSSR count). The lowest BCUT2D eigenvalue weighted by molar-refractivity contribution is -0.108. The Labute approximate surface area is 164 Å². The average molecular weight is 392 g/mol. The van der Waals surface area contributed by atoms with Crippen LogP contribution in [0, 0.1) is 0 Å². The van der Waals surface area contributed by atoms with Crippen molar-refractivity contribution in [2.45, 2.75) is 76.9 Å². The topological polar surface area (TPSA) is 55.8 Å². The second-order valence-corrected chi connectivity index (χ2v) is 13.6. The van der Waals surface area contributed by atoms with Gasteiger partial charge in [-0.05, 0) is 36.5 Å². The molecule has 1 heterocycles. The smallest absolute Gasteiger partial charge is 0.410 e. The van der Waals surface area contributed by atoms with Crippen molar-refractivity contribution < 1.29 is 18.8 Å². The van der Waals surface area contributed by atoms with E-state index in [0.717, 1.165) is 18.3 Å². The van der Waals surface area contributed by atoms with Crippen LogP contribution in [-0.4, -0.2) is 44.3 Å². The van der Waals surface area contributed by atoms with Gasteiger partial charge in [-0.15, -0.1) is 0 Å². The molecule has 1 aliphatic rings. The quantitative estimate of drug-likeness (QED) is 0.496. The zero-order chi connectivity index (χ0) is 20.1. The lowest BCUT2D eigenvalue weighted by Crippen LogP contribution is -2.44. The van der Waals surface area contributed by atoms with Gasteiger partial charge in [0.2, 0.25) is 0 Å². The molecule has 2 atom stereocenters. The van der Waals surface area contributed by atoms with E-state index in [9.17, 15) is 9.59 Å². The molecule has 0 aliphatic carbocycles. The van der Waals surface area contributed by atoms with Crippen molar-refractivity contribution in [3.05, 3.63) is 35.9 Å². The number of rotatable bonds is 7. The molecule has 1 amide bonds. The predicted octanol–water partition coefficient (Wildman–Crippen LogP) is 4.77. The number of hydrogen-bond acceptors (Lipinski definition) is 4. The summed E-state index contributed by atoms with van der Waals surface area (Å²) in [6, 6.07) is 9.65. The van der Waals surface area contributed by atoms with Gasteiger partial charge in [0.1, 0.15) is 12.9 Å². The van der Waals surface area contributed by atoms with Crippen molar-refractivity contribution in [1.82, 2.24) is 4.90 Å². The number of nitrogens with zero attached hydrogens (tertiary/aromatic N) is 1. The second-order valence-electron chi connectivity index (χ2n) is 8.83. The van der Waals surface area contributed by atoms with Crippen molar-refractivity contribution in [3.8, 4) is 0 Å². The van der Waals surface area contributed by atoms with Gasteiger partial charge < -0.3 is 18.9 Å². The minimum Gasteiger partial charge on any atom is -0.445 e. The van der Waals surface area contributed by atoms with Crippen LogP contribution in [0.5, 0.6) is 0 Å². The first-order valence-electron chi connectivity index (χ1n) is 9.73. The van der Waals surface area contributed by atoms with Gasteiger partial charge in [0.05, 0.1) is 6.10 Å². The number of carbonyl (C=O) groups excluding carboxylic acids is 2. The fraction of sp³-hybridized carbons (Fsp3) is 0.619. The highest BCUT2D eigenvalue weighted by Gasteiger charge is 2.43. The summed E-state index contributed by atoms with van der Waals surface area (Å²) in [5.41, 5.74) is 0.962. The Morgan fingerprint density at radius 1 is 1.26 bits per heavy atom. The highest BCUT2D eigenvalue weighted by molar-refractivity contribution is 6.74. The molecule has 0 N–H and O–H groups in total. The molecule has 5 nitrogen and oxygen atoms in total. The van der Waals surface area contributed by atoms with E-state index in [1.807, 2.05) is 30.3 Å². The Morgan fingerprint density at radius 3 is 2.52 bits per heavy atom. The highest BCUT2D eigenvalue weighted by Crippen LogP contribution is 2.39. The fourth-order valence-electron chi connectivity index (χ4n) is 3.11. The number of benzene rings is 1. The van der Waals surface area contributed by atoms with E-state index in [4.69, 9.17) is 9.16 Å². The third-order valence-corrected chi connectivity index (χ3v) is 10.2. The largest absolute Gasteiger partial charge is 0.445 e. The number of hydrogen-bond donors (Lipinski definition) is 0. The molecule has 0 unspecified atom stereocenters. The van der Waals surface area contributed by atoms with E-state index < -0.39 is 8.32 Å². The normalized spacial score (nSPS) is 20.6. The molecule has 0 radical (unpaired) electrons. The summed E-state index contributed by atoms with van der Waals surface area (Å²) < 4.78 is 12.0. The van der Waals surface area contributed by atoms with Crippen LogP contribution in [0.1, 0.15) is 45.6 Å². The van der Waals surface area contributed by atoms with Crippen LogP contribution in [0.3, 0.4) is 0 Å². The molecular formula is C21H33NO4Si. The maximum Gasteiger partial charge on any atom is 0.410 e. The second kappa shape index (κ2) is 9.02. The van der Waals surface area contributed by atoms with Gasteiger partial charge >= 0.3 is 6.09 Å². The summed E-state index contributed by atoms with van der Waals surface area (Å²) >= 11 is 0. The maximum atomic E-state index is 12.7. The first-order chi connectivity index (χ1) is 12.6. The highest BCUT2D eigenvalue weighted by atomic mass is 28.4. The van der Waals surface area contributed by atoms with Gasteiger partial charge in [0.15, 0.2) is 8.32 Å². The third kappa shape index (κ3) is 5.91. The lowest BCUT2D eigenvalue weighted by Gasteiger charge is -2.38. The lowest BCUT2D eigenvalue weighted by atomic mass is 10.1. The van der Waals surface area contributed by atoms with Crippen LogP contribution < -0.4 is 0 Å². The molecule has 0 spiro atoms. The van der Waals surface area contributed by atoms with E-state index in [2.05, 4.69) is 33.9 Å². The summed E-state index contributed by atoms with van der Waals surface area (Å²) in [5.74, 6) is 0. The SMILES string of the molecule is CC(C)(C)[Si](C)(C)O[C@@H]1C[C@@H](CCC=O)N(C(=O)OCc2ccccc2)C1. The van der Waals surface area contributed by atoms with Crippen molar-refractivity contribution in [2.75, 3.05) is 6.54 Å². The van der Waals surface area contributed by atoms with Gasteiger partial charge in [-0.2, -0.15) is 0 Å². The van der Waals surface area contributed by atoms with E-state index in [1.165, 1.54) is 0 Å². The van der Waals surface area contributed by atoms with Crippen LogP contribution in [0.25, 0.3) is 0 Å². The maximum absolute atomic E-state index is 12.7. The first kappa shape index (κ1) is 21.6. The zero-order valence-electron chi connectivity index (χ0n) is 17.2. The van der Waals surface area contributed by atoms with Crippen LogP contribution in [0.4, 0.5) is 4.79 Å². The summed E-state index contributed by atoms with van der Waals surface area (Å²) in [4.78, 5) is 25.3. The number of ether oxygens (including phenoxy) is 1. The molecule has 27 heavy (non-hydrogen) atoms.